The van der Waals surface area contributed by atoms with Crippen molar-refractivity contribution in [2.45, 2.75) is 37.4 Å². The Morgan fingerprint density at radius 1 is 1.07 bits per heavy atom. The third-order valence-electron chi connectivity index (χ3n) is 8.37. The van der Waals surface area contributed by atoms with E-state index >= 15 is 4.39 Å². The molecule has 2 aliphatic rings. The number of alkyl halides is 3. The molecule has 2 fully saturated rings. The summed E-state index contributed by atoms with van der Waals surface area (Å²) < 4.78 is 74.5. The van der Waals surface area contributed by atoms with E-state index in [0.29, 0.717) is 0 Å². The lowest BCUT2D eigenvalue weighted by atomic mass is 9.93. The van der Waals surface area contributed by atoms with Crippen LogP contribution in [0.15, 0.2) is 66.0 Å². The zero-order chi connectivity index (χ0) is 31.6. The molecule has 4 aromatic rings. The van der Waals surface area contributed by atoms with Gasteiger partial charge in [-0.3, -0.25) is 4.79 Å². The average Bonchev–Trinajstić information content (AvgIpc) is 3.80. The van der Waals surface area contributed by atoms with Crippen molar-refractivity contribution in [1.29, 1.82) is 0 Å². The molecule has 2 aromatic heterocycles. The predicted octanol–water partition coefficient (Wildman–Crippen LogP) is 5.25. The third-order valence-corrected chi connectivity index (χ3v) is 8.37. The minimum Gasteiger partial charge on any atom is -0.507 e. The number of amides is 1. The van der Waals surface area contributed by atoms with Gasteiger partial charge in [-0.25, -0.2) is 23.1 Å². The highest BCUT2D eigenvalue weighted by Crippen LogP contribution is 2.60. The van der Waals surface area contributed by atoms with Crippen molar-refractivity contribution in [3.8, 4) is 22.7 Å². The fourth-order valence-corrected chi connectivity index (χ4v) is 5.97. The first-order valence-corrected chi connectivity index (χ1v) is 13.8. The van der Waals surface area contributed by atoms with Gasteiger partial charge in [-0.2, -0.15) is 18.2 Å². The molecule has 1 amide bonds. The maximum Gasteiger partial charge on any atom is 0.398 e. The first-order chi connectivity index (χ1) is 20.9. The Bertz CT molecular complexity index is 1870. The Balaban J connectivity index is 1.64. The van der Waals surface area contributed by atoms with E-state index in [1.54, 1.807) is 16.7 Å². The summed E-state index contributed by atoms with van der Waals surface area (Å²) in [4.78, 5) is 37.8. The van der Waals surface area contributed by atoms with Crippen LogP contribution >= 0.6 is 0 Å². The molecule has 2 aromatic carbocycles. The van der Waals surface area contributed by atoms with Gasteiger partial charge in [0.05, 0.1) is 22.1 Å². The van der Waals surface area contributed by atoms with E-state index in [0.717, 1.165) is 22.8 Å². The van der Waals surface area contributed by atoms with Gasteiger partial charge in [0.25, 0.3) is 0 Å². The smallest absolute Gasteiger partial charge is 0.398 e. The summed E-state index contributed by atoms with van der Waals surface area (Å²) in [6.45, 7) is 5.92. The van der Waals surface area contributed by atoms with Crippen LogP contribution in [0.4, 0.5) is 27.8 Å². The van der Waals surface area contributed by atoms with Crippen molar-refractivity contribution < 1.29 is 31.9 Å². The van der Waals surface area contributed by atoms with Gasteiger partial charge >= 0.3 is 11.9 Å². The number of halogens is 5. The number of phenolic OH excluding ortho intramolecular Hbond substituents is 1. The number of rotatable bonds is 5. The summed E-state index contributed by atoms with van der Waals surface area (Å²) in [5, 5.41) is 10.4. The monoisotopic (exact) mass is 611 g/mol. The van der Waals surface area contributed by atoms with Crippen molar-refractivity contribution in [3.05, 3.63) is 88.9 Å². The number of phenols is 1. The molecule has 0 unspecified atom stereocenters. The highest BCUT2D eigenvalue weighted by Gasteiger charge is 2.65. The van der Waals surface area contributed by atoms with Gasteiger partial charge in [-0.1, -0.05) is 30.8 Å². The van der Waals surface area contributed by atoms with Gasteiger partial charge in [0.15, 0.2) is 11.5 Å². The largest absolute Gasteiger partial charge is 0.507 e. The van der Waals surface area contributed by atoms with Crippen LogP contribution in [0.3, 0.4) is 0 Å². The van der Waals surface area contributed by atoms with Crippen LogP contribution in [-0.2, 0) is 10.2 Å². The minimum atomic E-state index is -4.61. The van der Waals surface area contributed by atoms with Crippen molar-refractivity contribution in [2.75, 3.05) is 24.5 Å². The molecule has 13 heteroatoms. The van der Waals surface area contributed by atoms with Crippen LogP contribution < -0.4 is 10.6 Å². The molecular formula is C31H26F5N5O3. The number of hydrogen-bond acceptors (Lipinski definition) is 6. The maximum absolute atomic E-state index is 15.8. The van der Waals surface area contributed by atoms with E-state index < -0.39 is 52.0 Å². The van der Waals surface area contributed by atoms with Crippen LogP contribution in [0.25, 0.3) is 28.0 Å². The second kappa shape index (κ2) is 10.4. The zero-order valence-electron chi connectivity index (χ0n) is 23.4. The second-order valence-electron chi connectivity index (χ2n) is 11.0. The van der Waals surface area contributed by atoms with Crippen molar-refractivity contribution in [3.63, 3.8) is 0 Å². The lowest BCUT2D eigenvalue weighted by molar-refractivity contribution is -0.160. The number of aromatic nitrogens is 3. The Kier molecular flexibility index (Phi) is 6.93. The summed E-state index contributed by atoms with van der Waals surface area (Å²) in [5.41, 5.74) is -4.98. The number of hydrogen-bond donors (Lipinski definition) is 1. The normalized spacial score (nSPS) is 18.0. The molecule has 1 saturated carbocycles. The summed E-state index contributed by atoms with van der Waals surface area (Å²) >= 11 is 0. The molecule has 44 heavy (non-hydrogen) atoms. The molecule has 1 aliphatic heterocycles. The number of carbonyl (C=O) groups excluding carboxylic acids is 1. The molecule has 228 valence electrons. The quantitative estimate of drug-likeness (QED) is 0.245. The molecule has 0 bridgehead atoms. The van der Waals surface area contributed by atoms with Gasteiger partial charge in [0.2, 0.25) is 5.91 Å². The predicted molar refractivity (Wildman–Crippen MR) is 153 cm³/mol. The van der Waals surface area contributed by atoms with Gasteiger partial charge in [0, 0.05) is 25.7 Å². The van der Waals surface area contributed by atoms with Crippen LogP contribution in [0.1, 0.15) is 25.3 Å². The molecule has 1 aliphatic carbocycles. The van der Waals surface area contributed by atoms with Crippen molar-refractivity contribution >= 4 is 22.8 Å². The molecule has 1 atom stereocenters. The fraction of sp³-hybridized carbons (Fsp3) is 0.290. The standard InChI is InChI=1S/C31H26F5N5O3/c1-3-24(43)39-13-14-40(17(2)16-39)27-18-15-21(33)26(25-20(32)8-6-10-23(25)42)37-28(18)41(29(44)38-27)22-9-5-4-7-19(22)30(11-12-30)31(34,35)36/h3-10,15,17,42H,1,11-14,16H2,2H3/t17-/m0/s1. The van der Waals surface area contributed by atoms with Crippen molar-refractivity contribution in [2.24, 2.45) is 0 Å². The number of nitrogens with zero attached hydrogens (tertiary/aromatic N) is 5. The van der Waals surface area contributed by atoms with E-state index in [-0.39, 0.29) is 66.5 Å². The molecular weight excluding hydrogens is 585 g/mol. The van der Waals surface area contributed by atoms with Crippen LogP contribution in [0.2, 0.25) is 0 Å². The number of benzene rings is 2. The van der Waals surface area contributed by atoms with E-state index in [4.69, 9.17) is 0 Å². The number of anilines is 1. The maximum atomic E-state index is 15.8. The Hall–Kier alpha value is -4.81. The summed E-state index contributed by atoms with van der Waals surface area (Å²) in [7, 11) is 0. The Labute approximate surface area is 247 Å². The molecule has 0 radical (unpaired) electrons. The first kappa shape index (κ1) is 29.3. The molecule has 1 saturated heterocycles. The summed E-state index contributed by atoms with van der Waals surface area (Å²) in [5.74, 6) is -2.96. The highest BCUT2D eigenvalue weighted by molar-refractivity contribution is 5.91. The Morgan fingerprint density at radius 3 is 2.43 bits per heavy atom. The van der Waals surface area contributed by atoms with Crippen LogP contribution in [0.5, 0.6) is 5.75 Å². The summed E-state index contributed by atoms with van der Waals surface area (Å²) in [6, 6.07) is 9.42. The average molecular weight is 612 g/mol. The van der Waals surface area contributed by atoms with Crippen LogP contribution in [0, 0.1) is 11.6 Å². The summed E-state index contributed by atoms with van der Waals surface area (Å²) in [6.07, 6.45) is -3.81. The molecule has 8 nitrogen and oxygen atoms in total. The van der Waals surface area contributed by atoms with Gasteiger partial charge in [-0.15, -0.1) is 0 Å². The van der Waals surface area contributed by atoms with E-state index in [2.05, 4.69) is 16.5 Å². The Morgan fingerprint density at radius 2 is 1.80 bits per heavy atom. The third kappa shape index (κ3) is 4.57. The van der Waals surface area contributed by atoms with E-state index in [9.17, 15) is 32.3 Å². The van der Waals surface area contributed by atoms with Gasteiger partial charge < -0.3 is 14.9 Å². The minimum absolute atomic E-state index is 0.00425. The molecule has 6 rings (SSSR count). The fourth-order valence-electron chi connectivity index (χ4n) is 5.97. The SMILES string of the molecule is C=CC(=O)N1CCN(c2nc(=O)n(-c3ccccc3C3(C(F)(F)F)CC3)c3nc(-c4c(O)cccc4F)c(F)cc23)[C@@H](C)C1. The number of carbonyl (C=O) groups is 1. The van der Waals surface area contributed by atoms with Crippen molar-refractivity contribution in [1.82, 2.24) is 19.4 Å². The van der Waals surface area contributed by atoms with Gasteiger partial charge in [0.1, 0.15) is 23.1 Å². The topological polar surface area (TPSA) is 91.6 Å². The highest BCUT2D eigenvalue weighted by atomic mass is 19.4. The molecule has 0 spiro atoms. The van der Waals surface area contributed by atoms with Gasteiger partial charge in [-0.05, 0) is 55.7 Å². The van der Waals surface area contributed by atoms with E-state index in [1.165, 1.54) is 36.4 Å². The van der Waals surface area contributed by atoms with E-state index in [1.807, 2.05) is 0 Å². The number of aromatic hydroxyl groups is 1. The molecule has 1 N–H and O–H groups in total. The molecule has 3 heterocycles. The lowest BCUT2D eigenvalue weighted by Crippen LogP contribution is -2.54. The lowest BCUT2D eigenvalue weighted by Gasteiger charge is -2.40. The zero-order valence-corrected chi connectivity index (χ0v) is 23.4. The number of para-hydroxylation sites is 1. The number of piperazine rings is 1. The first-order valence-electron chi connectivity index (χ1n) is 13.8. The second-order valence-corrected chi connectivity index (χ2v) is 11.0. The van der Waals surface area contributed by atoms with Crippen LogP contribution in [-0.4, -0.2) is 62.3 Å². The number of pyridine rings is 1. The number of fused-ring (bicyclic) bond motifs is 1.